The minimum Gasteiger partial charge on any atom is -0.334 e. The van der Waals surface area contributed by atoms with E-state index >= 15 is 0 Å². The second kappa shape index (κ2) is 4.43. The number of rotatable bonds is 1. The van der Waals surface area contributed by atoms with Gasteiger partial charge in [0, 0.05) is 24.1 Å². The second-order valence-electron chi connectivity index (χ2n) is 5.19. The molecule has 2 aromatic carbocycles. The van der Waals surface area contributed by atoms with Crippen molar-refractivity contribution in [3.05, 3.63) is 47.2 Å². The van der Waals surface area contributed by atoms with E-state index in [4.69, 9.17) is 4.98 Å². The van der Waals surface area contributed by atoms with Crippen LogP contribution in [0.2, 0.25) is 0 Å². The summed E-state index contributed by atoms with van der Waals surface area (Å²) in [7, 11) is 4.04. The van der Waals surface area contributed by atoms with Crippen LogP contribution in [-0.4, -0.2) is 19.1 Å². The SMILES string of the molecule is Cn1cnc2cc(-c3nc4cc(Br)ccc4n3C)ccc21. The molecule has 0 aliphatic heterocycles. The molecule has 0 aliphatic carbocycles. The molecule has 5 heteroatoms. The second-order valence-corrected chi connectivity index (χ2v) is 6.10. The van der Waals surface area contributed by atoms with Crippen molar-refractivity contribution in [2.24, 2.45) is 14.1 Å². The Morgan fingerprint density at radius 2 is 1.76 bits per heavy atom. The summed E-state index contributed by atoms with van der Waals surface area (Å²) in [6.45, 7) is 0. The summed E-state index contributed by atoms with van der Waals surface area (Å²) in [6.07, 6.45) is 1.83. The van der Waals surface area contributed by atoms with Crippen LogP contribution in [0, 0.1) is 0 Å². The summed E-state index contributed by atoms with van der Waals surface area (Å²) in [5.74, 6) is 0.954. The zero-order valence-corrected chi connectivity index (χ0v) is 13.3. The number of imidazole rings is 2. The molecule has 21 heavy (non-hydrogen) atoms. The summed E-state index contributed by atoms with van der Waals surface area (Å²) >= 11 is 3.50. The number of hydrogen-bond acceptors (Lipinski definition) is 2. The zero-order valence-electron chi connectivity index (χ0n) is 11.7. The molecule has 2 aromatic heterocycles. The predicted octanol–water partition coefficient (Wildman–Crippen LogP) is 3.89. The third kappa shape index (κ3) is 1.88. The monoisotopic (exact) mass is 340 g/mol. The van der Waals surface area contributed by atoms with E-state index in [0.717, 1.165) is 37.9 Å². The van der Waals surface area contributed by atoms with Gasteiger partial charge in [0.2, 0.25) is 0 Å². The number of nitrogens with zero attached hydrogens (tertiary/aromatic N) is 4. The van der Waals surface area contributed by atoms with Crippen molar-refractivity contribution in [1.82, 2.24) is 19.1 Å². The highest BCUT2D eigenvalue weighted by Crippen LogP contribution is 2.27. The highest BCUT2D eigenvalue weighted by molar-refractivity contribution is 9.10. The van der Waals surface area contributed by atoms with E-state index in [1.54, 1.807) is 0 Å². The van der Waals surface area contributed by atoms with Crippen molar-refractivity contribution in [2.45, 2.75) is 0 Å². The van der Waals surface area contributed by atoms with Crippen LogP contribution in [0.5, 0.6) is 0 Å². The summed E-state index contributed by atoms with van der Waals surface area (Å²) in [4.78, 5) is 9.18. The van der Waals surface area contributed by atoms with Crippen molar-refractivity contribution in [1.29, 1.82) is 0 Å². The molecular weight excluding hydrogens is 328 g/mol. The van der Waals surface area contributed by atoms with Crippen molar-refractivity contribution in [2.75, 3.05) is 0 Å². The van der Waals surface area contributed by atoms with Crippen molar-refractivity contribution >= 4 is 38.0 Å². The standard InChI is InChI=1S/C16H13BrN4/c1-20-9-18-12-7-10(3-5-14(12)20)16-19-13-8-11(17)4-6-15(13)21(16)2/h3-9H,1-2H3. The normalized spacial score (nSPS) is 11.6. The Labute approximate surface area is 130 Å². The van der Waals surface area contributed by atoms with E-state index in [2.05, 4.69) is 49.7 Å². The molecule has 0 spiro atoms. The van der Waals surface area contributed by atoms with Crippen molar-refractivity contribution in [3.8, 4) is 11.4 Å². The van der Waals surface area contributed by atoms with Crippen molar-refractivity contribution in [3.63, 3.8) is 0 Å². The van der Waals surface area contributed by atoms with Gasteiger partial charge in [-0.1, -0.05) is 15.9 Å². The van der Waals surface area contributed by atoms with Crippen molar-refractivity contribution < 1.29 is 0 Å². The molecule has 0 bridgehead atoms. The van der Waals surface area contributed by atoms with Gasteiger partial charge in [-0.15, -0.1) is 0 Å². The molecule has 0 N–H and O–H groups in total. The smallest absolute Gasteiger partial charge is 0.140 e. The lowest BCUT2D eigenvalue weighted by atomic mass is 10.2. The first-order valence-corrected chi connectivity index (χ1v) is 7.46. The Balaban J connectivity index is 1.96. The van der Waals surface area contributed by atoms with E-state index in [-0.39, 0.29) is 0 Å². The van der Waals surface area contributed by atoms with Gasteiger partial charge in [0.15, 0.2) is 0 Å². The van der Waals surface area contributed by atoms with Crippen LogP contribution in [0.15, 0.2) is 47.2 Å². The first kappa shape index (κ1) is 12.6. The van der Waals surface area contributed by atoms with E-state index < -0.39 is 0 Å². The number of benzene rings is 2. The topological polar surface area (TPSA) is 35.6 Å². The fraction of sp³-hybridized carbons (Fsp3) is 0.125. The van der Waals surface area contributed by atoms with Gasteiger partial charge in [-0.05, 0) is 36.4 Å². The number of hydrogen-bond donors (Lipinski definition) is 0. The summed E-state index contributed by atoms with van der Waals surface area (Å²) in [5, 5.41) is 0. The van der Waals surface area contributed by atoms with E-state index in [9.17, 15) is 0 Å². The molecule has 0 radical (unpaired) electrons. The number of aryl methyl sites for hydroxylation is 2. The molecule has 4 aromatic rings. The minimum atomic E-state index is 0.954. The quantitative estimate of drug-likeness (QED) is 0.527. The predicted molar refractivity (Wildman–Crippen MR) is 88.1 cm³/mol. The number of halogens is 1. The van der Waals surface area contributed by atoms with Gasteiger partial charge in [0.25, 0.3) is 0 Å². The van der Waals surface area contributed by atoms with Gasteiger partial charge in [-0.2, -0.15) is 0 Å². The minimum absolute atomic E-state index is 0.954. The number of aromatic nitrogens is 4. The molecule has 0 aliphatic rings. The highest BCUT2D eigenvalue weighted by Gasteiger charge is 2.11. The molecule has 0 amide bonds. The molecule has 104 valence electrons. The lowest BCUT2D eigenvalue weighted by Crippen LogP contribution is -1.92. The van der Waals surface area contributed by atoms with Crippen LogP contribution in [0.25, 0.3) is 33.5 Å². The van der Waals surface area contributed by atoms with Gasteiger partial charge in [-0.25, -0.2) is 9.97 Å². The zero-order chi connectivity index (χ0) is 14.6. The molecule has 4 nitrogen and oxygen atoms in total. The fourth-order valence-corrected chi connectivity index (χ4v) is 3.06. The van der Waals surface area contributed by atoms with Crippen LogP contribution in [-0.2, 0) is 14.1 Å². The summed E-state index contributed by atoms with van der Waals surface area (Å²) in [6, 6.07) is 12.4. The summed E-state index contributed by atoms with van der Waals surface area (Å²) in [5.41, 5.74) is 5.30. The first-order valence-electron chi connectivity index (χ1n) is 6.67. The van der Waals surface area contributed by atoms with Gasteiger partial charge in [0.1, 0.15) is 5.82 Å². The molecule has 0 fully saturated rings. The van der Waals surface area contributed by atoms with Gasteiger partial charge >= 0.3 is 0 Å². The maximum Gasteiger partial charge on any atom is 0.140 e. The van der Waals surface area contributed by atoms with E-state index in [0.29, 0.717) is 0 Å². The van der Waals surface area contributed by atoms with Crippen LogP contribution >= 0.6 is 15.9 Å². The summed E-state index contributed by atoms with van der Waals surface area (Å²) < 4.78 is 5.18. The molecule has 2 heterocycles. The molecule has 0 saturated heterocycles. The lowest BCUT2D eigenvalue weighted by Gasteiger charge is -2.03. The molecular formula is C16H13BrN4. The third-order valence-electron chi connectivity index (χ3n) is 3.83. The van der Waals surface area contributed by atoms with Gasteiger partial charge < -0.3 is 9.13 Å². The van der Waals surface area contributed by atoms with E-state index in [1.165, 1.54) is 0 Å². The highest BCUT2D eigenvalue weighted by atomic mass is 79.9. The molecule has 4 rings (SSSR count). The number of fused-ring (bicyclic) bond motifs is 2. The maximum absolute atomic E-state index is 4.76. The Morgan fingerprint density at radius 1 is 0.952 bits per heavy atom. The van der Waals surface area contributed by atoms with E-state index in [1.807, 2.05) is 37.1 Å². The fourth-order valence-electron chi connectivity index (χ4n) is 2.71. The lowest BCUT2D eigenvalue weighted by molar-refractivity contribution is 0.947. The Kier molecular flexibility index (Phi) is 2.65. The average molecular weight is 341 g/mol. The first-order chi connectivity index (χ1) is 10.1. The van der Waals surface area contributed by atoms with Gasteiger partial charge in [-0.3, -0.25) is 0 Å². The van der Waals surface area contributed by atoms with Crippen LogP contribution in [0.1, 0.15) is 0 Å². The third-order valence-corrected chi connectivity index (χ3v) is 4.32. The Hall–Kier alpha value is -2.14. The van der Waals surface area contributed by atoms with Crippen LogP contribution < -0.4 is 0 Å². The Morgan fingerprint density at radius 3 is 2.62 bits per heavy atom. The molecule has 0 unspecified atom stereocenters. The van der Waals surface area contributed by atoms with Crippen LogP contribution in [0.3, 0.4) is 0 Å². The van der Waals surface area contributed by atoms with Crippen LogP contribution in [0.4, 0.5) is 0 Å². The Bertz CT molecular complexity index is 981. The largest absolute Gasteiger partial charge is 0.334 e. The molecule has 0 atom stereocenters. The molecule has 0 saturated carbocycles. The maximum atomic E-state index is 4.76. The average Bonchev–Trinajstić information content (AvgIpc) is 3.00. The van der Waals surface area contributed by atoms with Gasteiger partial charge in [0.05, 0.1) is 28.4 Å².